The number of carbonyl (C=O) groups excluding carboxylic acids is 2. The topological polar surface area (TPSA) is 67.4 Å². The van der Waals surface area contributed by atoms with Gasteiger partial charge in [0.15, 0.2) is 0 Å². The first-order valence-corrected chi connectivity index (χ1v) is 7.68. The Morgan fingerprint density at radius 2 is 2.05 bits per heavy atom. The number of benzene rings is 1. The molecule has 0 aromatic heterocycles. The fourth-order valence-corrected chi connectivity index (χ4v) is 2.55. The third-order valence-electron chi connectivity index (χ3n) is 2.99. The first kappa shape index (κ1) is 15.9. The summed E-state index contributed by atoms with van der Waals surface area (Å²) in [5, 5.41) is 5.28. The Morgan fingerprint density at radius 3 is 2.62 bits per heavy atom. The number of carbonyl (C=O) groups is 2. The van der Waals surface area contributed by atoms with Gasteiger partial charge in [-0.3, -0.25) is 0 Å². The number of nitrogens with one attached hydrogen (secondary N) is 2. The second kappa shape index (κ2) is 6.95. The number of alkyl halides is 1. The molecule has 1 aliphatic heterocycles. The summed E-state index contributed by atoms with van der Waals surface area (Å²) in [4.78, 5) is 23.9. The number of hydrogen-bond acceptors (Lipinski definition) is 3. The minimum atomic E-state index is -0.584. The molecule has 5 nitrogen and oxygen atoms in total. The summed E-state index contributed by atoms with van der Waals surface area (Å²) in [6.07, 6.45) is 0. The van der Waals surface area contributed by atoms with Crippen LogP contribution < -0.4 is 10.6 Å². The average Bonchev–Trinajstić information content (AvgIpc) is 2.47. The molecule has 1 unspecified atom stereocenters. The number of hydrogen-bond donors (Lipinski definition) is 2. The molecule has 0 fully saturated rings. The van der Waals surface area contributed by atoms with E-state index in [9.17, 15) is 9.59 Å². The second-order valence-electron chi connectivity index (χ2n) is 4.33. The van der Waals surface area contributed by atoms with Crippen molar-refractivity contribution in [2.45, 2.75) is 13.0 Å². The molecular weight excluding hydrogens is 360 g/mol. The molecule has 112 valence electrons. The van der Waals surface area contributed by atoms with Crippen LogP contribution in [0, 0.1) is 0 Å². The van der Waals surface area contributed by atoms with Crippen LogP contribution in [0.25, 0.3) is 0 Å². The third kappa shape index (κ3) is 3.57. The van der Waals surface area contributed by atoms with E-state index in [1.165, 1.54) is 0 Å². The van der Waals surface area contributed by atoms with Crippen LogP contribution in [-0.2, 0) is 9.53 Å². The van der Waals surface area contributed by atoms with Gasteiger partial charge in [0, 0.05) is 10.2 Å². The van der Waals surface area contributed by atoms with Crippen molar-refractivity contribution >= 4 is 39.5 Å². The Bertz CT molecular complexity index is 586. The van der Waals surface area contributed by atoms with Crippen LogP contribution in [0.2, 0.25) is 0 Å². The summed E-state index contributed by atoms with van der Waals surface area (Å²) >= 11 is 9.20. The number of amides is 2. The van der Waals surface area contributed by atoms with E-state index in [2.05, 4.69) is 26.6 Å². The molecule has 2 rings (SSSR count). The number of esters is 1. The van der Waals surface area contributed by atoms with Crippen molar-refractivity contribution in [3.63, 3.8) is 0 Å². The average molecular weight is 374 g/mol. The van der Waals surface area contributed by atoms with Crippen LogP contribution in [0.15, 0.2) is 40.0 Å². The molecule has 7 heteroatoms. The van der Waals surface area contributed by atoms with Gasteiger partial charge >= 0.3 is 12.0 Å². The maximum Gasteiger partial charge on any atom is 0.338 e. The highest BCUT2D eigenvalue weighted by Gasteiger charge is 2.33. The SMILES string of the molecule is CCOC(=O)C1=C(CCl)NC(=O)NC1c1ccc(Br)cc1. The fraction of sp³-hybridized carbons (Fsp3) is 0.286. The van der Waals surface area contributed by atoms with Crippen LogP contribution in [0.1, 0.15) is 18.5 Å². The van der Waals surface area contributed by atoms with Gasteiger partial charge in [0.2, 0.25) is 0 Å². The van der Waals surface area contributed by atoms with E-state index >= 15 is 0 Å². The number of urea groups is 1. The zero-order valence-electron chi connectivity index (χ0n) is 11.3. The second-order valence-corrected chi connectivity index (χ2v) is 5.51. The molecule has 1 aromatic rings. The number of halogens is 2. The van der Waals surface area contributed by atoms with Crippen molar-refractivity contribution in [2.24, 2.45) is 0 Å². The van der Waals surface area contributed by atoms with E-state index in [1.54, 1.807) is 6.92 Å². The van der Waals surface area contributed by atoms with Crippen LogP contribution >= 0.6 is 27.5 Å². The molecular formula is C14H14BrClN2O3. The molecule has 2 N–H and O–H groups in total. The Kier molecular flexibility index (Phi) is 5.25. The predicted octanol–water partition coefficient (Wildman–Crippen LogP) is 2.86. The van der Waals surface area contributed by atoms with Crippen molar-refractivity contribution in [3.8, 4) is 0 Å². The molecule has 0 saturated carbocycles. The maximum absolute atomic E-state index is 12.2. The molecule has 0 spiro atoms. The molecule has 1 aromatic carbocycles. The van der Waals surface area contributed by atoms with E-state index in [1.807, 2.05) is 24.3 Å². The lowest BCUT2D eigenvalue weighted by molar-refractivity contribution is -0.139. The molecule has 1 atom stereocenters. The van der Waals surface area contributed by atoms with E-state index in [4.69, 9.17) is 16.3 Å². The summed E-state index contributed by atoms with van der Waals surface area (Å²) in [6, 6.07) is 6.35. The van der Waals surface area contributed by atoms with E-state index < -0.39 is 18.0 Å². The van der Waals surface area contributed by atoms with Crippen LogP contribution in [-0.4, -0.2) is 24.5 Å². The van der Waals surface area contributed by atoms with E-state index in [0.29, 0.717) is 11.3 Å². The van der Waals surface area contributed by atoms with E-state index in [0.717, 1.165) is 10.0 Å². The van der Waals surface area contributed by atoms with Gasteiger partial charge in [0.05, 0.1) is 24.1 Å². The minimum Gasteiger partial charge on any atom is -0.463 e. The van der Waals surface area contributed by atoms with Crippen LogP contribution in [0.4, 0.5) is 4.79 Å². The highest BCUT2D eigenvalue weighted by atomic mass is 79.9. The molecule has 1 heterocycles. The van der Waals surface area contributed by atoms with Gasteiger partial charge in [0.25, 0.3) is 0 Å². The molecule has 21 heavy (non-hydrogen) atoms. The Morgan fingerprint density at radius 1 is 1.38 bits per heavy atom. The zero-order chi connectivity index (χ0) is 15.4. The minimum absolute atomic E-state index is 0.0224. The summed E-state index contributed by atoms with van der Waals surface area (Å²) in [7, 11) is 0. The lowest BCUT2D eigenvalue weighted by Crippen LogP contribution is -2.46. The number of allylic oxidation sites excluding steroid dienone is 1. The fourth-order valence-electron chi connectivity index (χ4n) is 2.08. The normalized spacial score (nSPS) is 18.0. The zero-order valence-corrected chi connectivity index (χ0v) is 13.6. The highest BCUT2D eigenvalue weighted by Crippen LogP contribution is 2.29. The largest absolute Gasteiger partial charge is 0.463 e. The summed E-state index contributed by atoms with van der Waals surface area (Å²) in [5.74, 6) is -0.470. The van der Waals surface area contributed by atoms with Crippen molar-refractivity contribution < 1.29 is 14.3 Å². The van der Waals surface area contributed by atoms with Crippen molar-refractivity contribution in [2.75, 3.05) is 12.5 Å². The van der Waals surface area contributed by atoms with Gasteiger partial charge in [-0.05, 0) is 24.6 Å². The highest BCUT2D eigenvalue weighted by molar-refractivity contribution is 9.10. The molecule has 2 amide bonds. The van der Waals surface area contributed by atoms with Gasteiger partial charge in [-0.2, -0.15) is 0 Å². The van der Waals surface area contributed by atoms with Crippen LogP contribution in [0.3, 0.4) is 0 Å². The van der Waals surface area contributed by atoms with Crippen molar-refractivity contribution in [3.05, 3.63) is 45.6 Å². The van der Waals surface area contributed by atoms with Gasteiger partial charge in [-0.1, -0.05) is 28.1 Å². The molecule has 0 saturated heterocycles. The summed E-state index contributed by atoms with van der Waals surface area (Å²) in [6.45, 7) is 1.97. The predicted molar refractivity (Wildman–Crippen MR) is 82.9 cm³/mol. The van der Waals surface area contributed by atoms with Gasteiger partial charge in [0.1, 0.15) is 0 Å². The van der Waals surface area contributed by atoms with Gasteiger partial charge in [-0.15, -0.1) is 11.6 Å². The number of rotatable bonds is 4. The first-order valence-electron chi connectivity index (χ1n) is 6.36. The lowest BCUT2D eigenvalue weighted by Gasteiger charge is -2.28. The van der Waals surface area contributed by atoms with Gasteiger partial charge < -0.3 is 15.4 Å². The van der Waals surface area contributed by atoms with Crippen molar-refractivity contribution in [1.82, 2.24) is 10.6 Å². The maximum atomic E-state index is 12.2. The molecule has 0 radical (unpaired) electrons. The van der Waals surface area contributed by atoms with E-state index in [-0.39, 0.29) is 12.5 Å². The van der Waals surface area contributed by atoms with Crippen molar-refractivity contribution in [1.29, 1.82) is 0 Å². The Balaban J connectivity index is 2.46. The molecule has 0 aliphatic carbocycles. The molecule has 1 aliphatic rings. The first-order chi connectivity index (χ1) is 10.1. The standard InChI is InChI=1S/C14H14BrClN2O3/c1-2-21-13(19)11-10(7-16)17-14(20)18-12(11)8-3-5-9(15)6-4-8/h3-6,12H,2,7H2,1H3,(H2,17,18,20). The Labute approximate surface area is 135 Å². The Hall–Kier alpha value is -1.53. The smallest absolute Gasteiger partial charge is 0.338 e. The number of ether oxygens (including phenoxy) is 1. The summed E-state index contributed by atoms with van der Waals surface area (Å²) < 4.78 is 5.98. The molecule has 0 bridgehead atoms. The van der Waals surface area contributed by atoms with Crippen LogP contribution in [0.5, 0.6) is 0 Å². The quantitative estimate of drug-likeness (QED) is 0.630. The lowest BCUT2D eigenvalue weighted by atomic mass is 9.95. The monoisotopic (exact) mass is 372 g/mol. The summed E-state index contributed by atoms with van der Waals surface area (Å²) in [5.41, 5.74) is 1.47. The van der Waals surface area contributed by atoms with Gasteiger partial charge in [-0.25, -0.2) is 9.59 Å². The third-order valence-corrected chi connectivity index (χ3v) is 3.78.